The van der Waals surface area contributed by atoms with E-state index in [0.29, 0.717) is 67.3 Å². The van der Waals surface area contributed by atoms with Gasteiger partial charge in [0.1, 0.15) is 35.6 Å². The second kappa shape index (κ2) is 10.3. The first kappa shape index (κ1) is 29.3. The van der Waals surface area contributed by atoms with Crippen LogP contribution >= 0.6 is 11.6 Å². The number of aromatic nitrogens is 3. The summed E-state index contributed by atoms with van der Waals surface area (Å²) < 4.78 is 43.8. The lowest BCUT2D eigenvalue weighted by Crippen LogP contribution is -2.60. The zero-order chi connectivity index (χ0) is 31.4. The third-order valence-electron chi connectivity index (χ3n) is 11.6. The van der Waals surface area contributed by atoms with E-state index in [1.54, 1.807) is 6.20 Å². The average molecular weight is 654 g/mol. The Hall–Kier alpha value is -2.86. The minimum absolute atomic E-state index is 0.00240. The molecule has 5 fully saturated rings. The summed E-state index contributed by atoms with van der Waals surface area (Å²) in [6.45, 7) is 3.57. The van der Waals surface area contributed by atoms with Crippen molar-refractivity contribution in [1.29, 1.82) is 0 Å². The number of pyridine rings is 1. The van der Waals surface area contributed by atoms with Gasteiger partial charge in [0.25, 0.3) is 0 Å². The van der Waals surface area contributed by atoms with Gasteiger partial charge < -0.3 is 24.6 Å². The maximum atomic E-state index is 16.9. The van der Waals surface area contributed by atoms with Gasteiger partial charge in [0.05, 0.1) is 29.7 Å². The van der Waals surface area contributed by atoms with Crippen LogP contribution in [-0.4, -0.2) is 93.4 Å². The predicted molar refractivity (Wildman–Crippen MR) is 168 cm³/mol. The van der Waals surface area contributed by atoms with E-state index in [0.717, 1.165) is 44.2 Å². The lowest BCUT2D eigenvalue weighted by molar-refractivity contribution is -0.168. The summed E-state index contributed by atoms with van der Waals surface area (Å²) in [7, 11) is 0. The lowest BCUT2D eigenvalue weighted by Gasteiger charge is -2.57. The molecule has 4 atom stereocenters. The number of alkyl halides is 1. The Balaban J connectivity index is 1.18. The highest BCUT2D eigenvalue weighted by atomic mass is 35.5. The Labute approximate surface area is 270 Å². The van der Waals surface area contributed by atoms with Gasteiger partial charge in [-0.2, -0.15) is 9.97 Å². The zero-order valence-corrected chi connectivity index (χ0v) is 26.4. The van der Waals surface area contributed by atoms with Gasteiger partial charge >= 0.3 is 6.01 Å². The van der Waals surface area contributed by atoms with Crippen LogP contribution in [0.2, 0.25) is 5.02 Å². The molecule has 2 saturated carbocycles. The number of anilines is 1. The van der Waals surface area contributed by atoms with E-state index in [2.05, 4.69) is 19.8 Å². The van der Waals surface area contributed by atoms with Gasteiger partial charge in [-0.3, -0.25) is 9.88 Å². The van der Waals surface area contributed by atoms with Crippen LogP contribution < -0.4 is 9.64 Å². The molecule has 1 aromatic carbocycles. The number of rotatable bonds is 3. The highest BCUT2D eigenvalue weighted by Crippen LogP contribution is 2.56. The topological polar surface area (TPSA) is 104 Å². The van der Waals surface area contributed by atoms with Crippen molar-refractivity contribution in [2.45, 2.75) is 74.6 Å². The number of phenolic OH excluding ortho intramolecular Hbond substituents is 1. The smallest absolute Gasteiger partial charge is 0.319 e. The molecule has 11 rings (SSSR count). The molecule has 0 amide bonds. The number of hydrogen-bond acceptors (Lipinski definition) is 9. The van der Waals surface area contributed by atoms with E-state index < -0.39 is 23.1 Å². The molecule has 8 heterocycles. The second-order valence-corrected chi connectivity index (χ2v) is 15.4. The first-order valence-corrected chi connectivity index (χ1v) is 17.0. The van der Waals surface area contributed by atoms with Crippen molar-refractivity contribution in [2.24, 2.45) is 11.3 Å². The number of phenols is 1. The molecule has 3 saturated heterocycles. The number of nitrogens with zero attached hydrogens (tertiary/aromatic N) is 5. The molecule has 7 bridgehead atoms. The summed E-state index contributed by atoms with van der Waals surface area (Å²) >= 11 is 6.72. The van der Waals surface area contributed by atoms with Gasteiger partial charge in [-0.1, -0.05) is 11.6 Å². The number of aliphatic hydroxyl groups is 1. The van der Waals surface area contributed by atoms with Crippen molar-refractivity contribution < 1.29 is 28.5 Å². The number of ether oxygens (including phenoxy) is 2. The van der Waals surface area contributed by atoms with Crippen molar-refractivity contribution in [3.63, 3.8) is 0 Å². The lowest BCUT2D eigenvalue weighted by atomic mass is 9.56. The molecule has 244 valence electrons. The molecular weight excluding hydrogens is 616 g/mol. The van der Waals surface area contributed by atoms with Crippen molar-refractivity contribution in [1.82, 2.24) is 19.9 Å². The van der Waals surface area contributed by atoms with Crippen LogP contribution in [0.3, 0.4) is 0 Å². The van der Waals surface area contributed by atoms with Crippen LogP contribution in [0.5, 0.6) is 11.8 Å². The first-order valence-electron chi connectivity index (χ1n) is 16.6. The summed E-state index contributed by atoms with van der Waals surface area (Å²) in [5.74, 6) is -0.0179. The fourth-order valence-corrected chi connectivity index (χ4v) is 10.0. The van der Waals surface area contributed by atoms with Crippen LogP contribution in [0.25, 0.3) is 22.2 Å². The number of hydrogen-bond donors (Lipinski definition) is 2. The number of piperidine rings is 1. The van der Waals surface area contributed by atoms with E-state index in [-0.39, 0.29) is 53.4 Å². The molecule has 2 aromatic heterocycles. The summed E-state index contributed by atoms with van der Waals surface area (Å²) in [4.78, 5) is 18.5. The summed E-state index contributed by atoms with van der Waals surface area (Å²) in [5, 5.41) is 22.7. The highest BCUT2D eigenvalue weighted by molar-refractivity contribution is 6.32. The number of aromatic hydroxyl groups is 1. The predicted octanol–water partition coefficient (Wildman–Crippen LogP) is 5.39. The molecule has 0 radical (unpaired) electrons. The maximum Gasteiger partial charge on any atom is 0.319 e. The number of halogens is 3. The Morgan fingerprint density at radius 3 is 2.87 bits per heavy atom. The van der Waals surface area contributed by atoms with Crippen LogP contribution in [0.4, 0.5) is 14.6 Å². The third-order valence-corrected chi connectivity index (χ3v) is 11.9. The fraction of sp³-hybridized carbons (Fsp3) is 0.618. The molecule has 9 nitrogen and oxygen atoms in total. The largest absolute Gasteiger partial charge is 0.508 e. The SMILES string of the molecule is Oc1cc(Cl)c2c(c1)-c1ncc3c(nc(OC[C@@]45CCCN4C[C@H](F)C5)nc3c1F)N1CCCC3(C1)CC(O)(COC[C@@H]1C[C@H]21)C3. The van der Waals surface area contributed by atoms with Crippen LogP contribution in [-0.2, 0) is 4.74 Å². The molecule has 0 unspecified atom stereocenters. The van der Waals surface area contributed by atoms with E-state index in [1.807, 2.05) is 0 Å². The highest BCUT2D eigenvalue weighted by Gasteiger charge is 2.56. The maximum absolute atomic E-state index is 16.9. The van der Waals surface area contributed by atoms with Crippen molar-refractivity contribution >= 4 is 28.3 Å². The van der Waals surface area contributed by atoms with Gasteiger partial charge in [0.2, 0.25) is 0 Å². The van der Waals surface area contributed by atoms with Crippen molar-refractivity contribution in [3.8, 4) is 23.0 Å². The van der Waals surface area contributed by atoms with E-state index >= 15 is 4.39 Å². The van der Waals surface area contributed by atoms with E-state index in [4.69, 9.17) is 26.1 Å². The number of fused-ring (bicyclic) bond motifs is 1. The van der Waals surface area contributed by atoms with Crippen LogP contribution in [0.1, 0.15) is 62.8 Å². The minimum Gasteiger partial charge on any atom is -0.508 e. The van der Waals surface area contributed by atoms with Gasteiger partial charge in [-0.05, 0) is 86.4 Å². The van der Waals surface area contributed by atoms with E-state index in [1.165, 1.54) is 12.1 Å². The average Bonchev–Trinajstić information content (AvgIpc) is 3.53. The van der Waals surface area contributed by atoms with Gasteiger partial charge in [0.15, 0.2) is 5.82 Å². The number of benzene rings is 1. The van der Waals surface area contributed by atoms with Crippen LogP contribution in [0.15, 0.2) is 18.3 Å². The summed E-state index contributed by atoms with van der Waals surface area (Å²) in [6.07, 6.45) is 6.87. The normalized spacial score (nSPS) is 35.0. The third kappa shape index (κ3) is 4.67. The Morgan fingerprint density at radius 1 is 1.15 bits per heavy atom. The fourth-order valence-electron chi connectivity index (χ4n) is 9.65. The van der Waals surface area contributed by atoms with Crippen LogP contribution in [0, 0.1) is 17.2 Å². The minimum atomic E-state index is -0.899. The van der Waals surface area contributed by atoms with Gasteiger partial charge in [-0.15, -0.1) is 0 Å². The molecule has 8 aliphatic rings. The summed E-state index contributed by atoms with van der Waals surface area (Å²) in [5.41, 5.74) is -0.116. The summed E-state index contributed by atoms with van der Waals surface area (Å²) in [6, 6.07) is 3.04. The molecule has 2 N–H and O–H groups in total. The molecule has 46 heavy (non-hydrogen) atoms. The standard InChI is InChI=1S/C34H38ClF2N5O4/c35-25-9-21(43)8-23-26(25)22-7-19(22)13-45-18-34(44)14-32(15-34)3-1-5-41(16-32)30-24-11-38-28(23)27(37)29(24)39-31(40-30)46-17-33-4-2-6-42(33)12-20(36)10-33/h8-9,11,19-20,22,43-44H,1-7,10,12-18H2/t19-,20+,22-,32?,33-,34?/m0/s1. The molecule has 2 aliphatic carbocycles. The Kier molecular flexibility index (Phi) is 6.57. The quantitative estimate of drug-likeness (QED) is 0.385. The van der Waals surface area contributed by atoms with Gasteiger partial charge in [-0.25, -0.2) is 8.78 Å². The molecule has 6 aliphatic heterocycles. The molecule has 12 heteroatoms. The first-order chi connectivity index (χ1) is 22.1. The molecular formula is C34H38ClF2N5O4. The second-order valence-electron chi connectivity index (χ2n) is 15.0. The molecule has 1 spiro atoms. The van der Waals surface area contributed by atoms with Gasteiger partial charge in [0, 0.05) is 42.8 Å². The van der Waals surface area contributed by atoms with Crippen molar-refractivity contribution in [2.75, 3.05) is 50.9 Å². The van der Waals surface area contributed by atoms with E-state index in [9.17, 15) is 14.6 Å². The van der Waals surface area contributed by atoms with Crippen molar-refractivity contribution in [3.05, 3.63) is 34.7 Å². The Morgan fingerprint density at radius 2 is 2.00 bits per heavy atom. The molecule has 3 aromatic rings. The monoisotopic (exact) mass is 653 g/mol. The Bertz CT molecular complexity index is 1740. The zero-order valence-electron chi connectivity index (χ0n) is 25.7.